The normalized spacial score (nSPS) is 11.4. The van der Waals surface area contributed by atoms with Gasteiger partial charge in [-0.1, -0.05) is 55.8 Å². The zero-order valence-corrected chi connectivity index (χ0v) is 16.2. The van der Waals surface area contributed by atoms with Gasteiger partial charge in [-0.15, -0.1) is 0 Å². The summed E-state index contributed by atoms with van der Waals surface area (Å²) in [6.45, 7) is 3.49. The lowest BCUT2D eigenvalue weighted by molar-refractivity contribution is -0.147. The molecule has 2 amide bonds. The first-order chi connectivity index (χ1) is 13.5. The van der Waals surface area contributed by atoms with Gasteiger partial charge in [-0.05, 0) is 31.0 Å². The summed E-state index contributed by atoms with van der Waals surface area (Å²) < 4.78 is 4.95. The Labute approximate surface area is 165 Å². The van der Waals surface area contributed by atoms with E-state index >= 15 is 0 Å². The minimum atomic E-state index is -0.485. The molecule has 0 spiro atoms. The molecule has 0 saturated carbocycles. The van der Waals surface area contributed by atoms with Crippen LogP contribution in [0.1, 0.15) is 55.1 Å². The SMILES string of the molecule is CCCCC(=O)OCC(=O)Nc1ccccc1C(=O)N[C@@H](C)c1ccccc1. The third-order valence-electron chi connectivity index (χ3n) is 4.19. The first-order valence-corrected chi connectivity index (χ1v) is 9.41. The van der Waals surface area contributed by atoms with Gasteiger partial charge < -0.3 is 15.4 Å². The second-order valence-electron chi connectivity index (χ2n) is 6.46. The molecule has 2 aromatic carbocycles. The van der Waals surface area contributed by atoms with E-state index in [0.717, 1.165) is 18.4 Å². The van der Waals surface area contributed by atoms with Crippen LogP contribution in [0.25, 0.3) is 0 Å². The number of benzene rings is 2. The Kier molecular flexibility index (Phi) is 8.21. The maximum absolute atomic E-state index is 12.7. The van der Waals surface area contributed by atoms with Crippen molar-refractivity contribution in [3.05, 3.63) is 65.7 Å². The quantitative estimate of drug-likeness (QED) is 0.645. The maximum atomic E-state index is 12.7. The van der Waals surface area contributed by atoms with Crippen LogP contribution in [0.4, 0.5) is 5.69 Å². The molecule has 0 aromatic heterocycles. The lowest BCUT2D eigenvalue weighted by atomic mass is 10.1. The molecule has 28 heavy (non-hydrogen) atoms. The topological polar surface area (TPSA) is 84.5 Å². The molecule has 6 nitrogen and oxygen atoms in total. The lowest BCUT2D eigenvalue weighted by Crippen LogP contribution is -2.28. The standard InChI is InChI=1S/C22H26N2O4/c1-3-4-14-21(26)28-15-20(25)24-19-13-9-8-12-18(19)22(27)23-16(2)17-10-6-5-7-11-17/h5-13,16H,3-4,14-15H2,1-2H3,(H,23,27)(H,24,25)/t16-/m0/s1. The summed E-state index contributed by atoms with van der Waals surface area (Å²) in [7, 11) is 0. The fourth-order valence-corrected chi connectivity index (χ4v) is 2.62. The number of esters is 1. The van der Waals surface area contributed by atoms with Crippen molar-refractivity contribution in [2.24, 2.45) is 0 Å². The molecule has 6 heteroatoms. The number of ether oxygens (including phenoxy) is 1. The Morgan fingerprint density at radius 3 is 2.39 bits per heavy atom. The zero-order chi connectivity index (χ0) is 20.4. The molecule has 0 unspecified atom stereocenters. The highest BCUT2D eigenvalue weighted by Crippen LogP contribution is 2.18. The molecule has 0 radical (unpaired) electrons. The minimum Gasteiger partial charge on any atom is -0.456 e. The smallest absolute Gasteiger partial charge is 0.306 e. The third kappa shape index (κ3) is 6.54. The second kappa shape index (κ2) is 10.9. The highest BCUT2D eigenvalue weighted by atomic mass is 16.5. The number of hydrogen-bond acceptors (Lipinski definition) is 4. The minimum absolute atomic E-state index is 0.183. The Hall–Kier alpha value is -3.15. The van der Waals surface area contributed by atoms with Gasteiger partial charge in [-0.2, -0.15) is 0 Å². The van der Waals surface area contributed by atoms with Crippen LogP contribution < -0.4 is 10.6 Å². The number of carbonyl (C=O) groups excluding carboxylic acids is 3. The number of nitrogens with one attached hydrogen (secondary N) is 2. The molecule has 0 aliphatic rings. The zero-order valence-electron chi connectivity index (χ0n) is 16.2. The Morgan fingerprint density at radius 1 is 1.00 bits per heavy atom. The van der Waals surface area contributed by atoms with Crippen LogP contribution in [0.15, 0.2) is 54.6 Å². The van der Waals surface area contributed by atoms with Gasteiger partial charge in [0.1, 0.15) is 0 Å². The first kappa shape index (κ1) is 21.2. The summed E-state index contributed by atoms with van der Waals surface area (Å²) in [5.41, 5.74) is 1.70. The summed E-state index contributed by atoms with van der Waals surface area (Å²) in [5.74, 6) is -1.19. The first-order valence-electron chi connectivity index (χ1n) is 9.41. The molecular weight excluding hydrogens is 356 g/mol. The Balaban J connectivity index is 1.97. The number of amides is 2. The van der Waals surface area contributed by atoms with Crippen molar-refractivity contribution in [2.75, 3.05) is 11.9 Å². The van der Waals surface area contributed by atoms with E-state index in [1.54, 1.807) is 24.3 Å². The van der Waals surface area contributed by atoms with Crippen LogP contribution in [-0.2, 0) is 14.3 Å². The Morgan fingerprint density at radius 2 is 1.68 bits per heavy atom. The molecule has 0 bridgehead atoms. The van der Waals surface area contributed by atoms with Crippen molar-refractivity contribution >= 4 is 23.5 Å². The summed E-state index contributed by atoms with van der Waals surface area (Å²) in [5, 5.41) is 5.56. The van der Waals surface area contributed by atoms with E-state index in [1.807, 2.05) is 44.2 Å². The molecular formula is C22H26N2O4. The van der Waals surface area contributed by atoms with Crippen LogP contribution in [0, 0.1) is 0 Å². The molecule has 2 N–H and O–H groups in total. The van der Waals surface area contributed by atoms with Crippen molar-refractivity contribution < 1.29 is 19.1 Å². The van der Waals surface area contributed by atoms with Crippen molar-refractivity contribution in [3.63, 3.8) is 0 Å². The van der Waals surface area contributed by atoms with E-state index in [9.17, 15) is 14.4 Å². The summed E-state index contributed by atoms with van der Waals surface area (Å²) >= 11 is 0. The fraction of sp³-hybridized carbons (Fsp3) is 0.318. The predicted molar refractivity (Wildman–Crippen MR) is 108 cm³/mol. The average molecular weight is 382 g/mol. The molecule has 1 atom stereocenters. The number of carbonyl (C=O) groups is 3. The molecule has 0 heterocycles. The average Bonchev–Trinajstić information content (AvgIpc) is 2.71. The second-order valence-corrected chi connectivity index (χ2v) is 6.46. The fourth-order valence-electron chi connectivity index (χ4n) is 2.62. The van der Waals surface area contributed by atoms with Crippen LogP contribution >= 0.6 is 0 Å². The predicted octanol–water partition coefficient (Wildman–Crippen LogP) is 3.85. The molecule has 0 aliphatic heterocycles. The molecule has 0 saturated heterocycles. The Bertz CT molecular complexity index is 805. The van der Waals surface area contributed by atoms with E-state index in [1.165, 1.54) is 0 Å². The van der Waals surface area contributed by atoms with E-state index in [2.05, 4.69) is 10.6 Å². The molecule has 0 fully saturated rings. The van der Waals surface area contributed by atoms with Crippen molar-refractivity contribution in [3.8, 4) is 0 Å². The summed E-state index contributed by atoms with van der Waals surface area (Å²) in [4.78, 5) is 36.3. The number of unbranched alkanes of at least 4 members (excludes halogenated alkanes) is 1. The van der Waals surface area contributed by atoms with Gasteiger partial charge in [0.15, 0.2) is 6.61 Å². The van der Waals surface area contributed by atoms with Gasteiger partial charge in [-0.25, -0.2) is 0 Å². The van der Waals surface area contributed by atoms with Gasteiger partial charge in [0.05, 0.1) is 17.3 Å². The maximum Gasteiger partial charge on any atom is 0.306 e. The van der Waals surface area contributed by atoms with Crippen molar-refractivity contribution in [2.45, 2.75) is 39.2 Å². The third-order valence-corrected chi connectivity index (χ3v) is 4.19. The number of para-hydroxylation sites is 1. The van der Waals surface area contributed by atoms with Gasteiger partial charge in [0, 0.05) is 6.42 Å². The lowest BCUT2D eigenvalue weighted by Gasteiger charge is -2.16. The van der Waals surface area contributed by atoms with E-state index < -0.39 is 11.9 Å². The van der Waals surface area contributed by atoms with Gasteiger partial charge in [-0.3, -0.25) is 14.4 Å². The monoisotopic (exact) mass is 382 g/mol. The van der Waals surface area contributed by atoms with Crippen LogP contribution in [0.3, 0.4) is 0 Å². The molecule has 2 rings (SSSR count). The summed E-state index contributed by atoms with van der Waals surface area (Å²) in [6.07, 6.45) is 1.90. The molecule has 2 aromatic rings. The van der Waals surface area contributed by atoms with Gasteiger partial charge >= 0.3 is 5.97 Å². The van der Waals surface area contributed by atoms with Crippen LogP contribution in [0.5, 0.6) is 0 Å². The molecule has 0 aliphatic carbocycles. The van der Waals surface area contributed by atoms with Crippen molar-refractivity contribution in [1.29, 1.82) is 0 Å². The number of rotatable bonds is 9. The van der Waals surface area contributed by atoms with Crippen molar-refractivity contribution in [1.82, 2.24) is 5.32 Å². The molecule has 148 valence electrons. The van der Waals surface area contributed by atoms with E-state index in [0.29, 0.717) is 17.7 Å². The number of anilines is 1. The van der Waals surface area contributed by atoms with Crippen LogP contribution in [0.2, 0.25) is 0 Å². The summed E-state index contributed by atoms with van der Waals surface area (Å²) in [6, 6.07) is 16.1. The highest BCUT2D eigenvalue weighted by molar-refractivity contribution is 6.04. The van der Waals surface area contributed by atoms with Crippen LogP contribution in [-0.4, -0.2) is 24.4 Å². The highest BCUT2D eigenvalue weighted by Gasteiger charge is 2.16. The largest absolute Gasteiger partial charge is 0.456 e. The number of hydrogen-bond donors (Lipinski definition) is 2. The van der Waals surface area contributed by atoms with Gasteiger partial charge in [0.2, 0.25) is 0 Å². The van der Waals surface area contributed by atoms with E-state index in [4.69, 9.17) is 4.74 Å². The van der Waals surface area contributed by atoms with Gasteiger partial charge in [0.25, 0.3) is 11.8 Å². The van der Waals surface area contributed by atoms with E-state index in [-0.39, 0.29) is 18.6 Å².